The van der Waals surface area contributed by atoms with Gasteiger partial charge in [-0.2, -0.15) is 0 Å². The lowest BCUT2D eigenvalue weighted by atomic mass is 9.94. The lowest BCUT2D eigenvalue weighted by Crippen LogP contribution is -2.48. The molecule has 7 nitrogen and oxygen atoms in total. The van der Waals surface area contributed by atoms with Crippen molar-refractivity contribution in [3.8, 4) is 0 Å². The SMILES string of the molecule is Cc1ccc(N2C[C@@H](C(=O)N3CCC(C(=O)N4CCOCC4)CC3)CC2=O)cc1. The van der Waals surface area contributed by atoms with Crippen molar-refractivity contribution in [2.75, 3.05) is 50.8 Å². The van der Waals surface area contributed by atoms with Crippen molar-refractivity contribution in [3.63, 3.8) is 0 Å². The topological polar surface area (TPSA) is 70.2 Å². The van der Waals surface area contributed by atoms with Gasteiger partial charge in [-0.05, 0) is 31.9 Å². The van der Waals surface area contributed by atoms with Crippen molar-refractivity contribution >= 4 is 23.4 Å². The Labute approximate surface area is 171 Å². The van der Waals surface area contributed by atoms with E-state index in [1.807, 2.05) is 41.0 Å². The maximum absolute atomic E-state index is 13.0. The summed E-state index contributed by atoms with van der Waals surface area (Å²) in [6.07, 6.45) is 1.66. The van der Waals surface area contributed by atoms with Crippen LogP contribution < -0.4 is 4.90 Å². The van der Waals surface area contributed by atoms with Crippen LogP contribution in [0.25, 0.3) is 0 Å². The summed E-state index contributed by atoms with van der Waals surface area (Å²) < 4.78 is 5.32. The van der Waals surface area contributed by atoms with Gasteiger partial charge in [0.2, 0.25) is 17.7 Å². The molecule has 1 aromatic rings. The van der Waals surface area contributed by atoms with E-state index < -0.39 is 0 Å². The molecule has 0 radical (unpaired) electrons. The fraction of sp³-hybridized carbons (Fsp3) is 0.591. The average molecular weight is 399 g/mol. The van der Waals surface area contributed by atoms with Gasteiger partial charge in [-0.1, -0.05) is 17.7 Å². The van der Waals surface area contributed by atoms with Crippen molar-refractivity contribution in [1.82, 2.24) is 9.80 Å². The molecule has 0 unspecified atom stereocenters. The van der Waals surface area contributed by atoms with Gasteiger partial charge in [-0.25, -0.2) is 0 Å². The van der Waals surface area contributed by atoms with E-state index in [2.05, 4.69) is 0 Å². The van der Waals surface area contributed by atoms with E-state index in [0.29, 0.717) is 58.8 Å². The van der Waals surface area contributed by atoms with E-state index in [9.17, 15) is 14.4 Å². The zero-order valence-corrected chi connectivity index (χ0v) is 17.0. The summed E-state index contributed by atoms with van der Waals surface area (Å²) in [4.78, 5) is 43.6. The van der Waals surface area contributed by atoms with Gasteiger partial charge in [-0.3, -0.25) is 14.4 Å². The second-order valence-corrected chi connectivity index (χ2v) is 8.28. The average Bonchev–Trinajstić information content (AvgIpc) is 3.15. The first-order chi connectivity index (χ1) is 14.0. The van der Waals surface area contributed by atoms with E-state index in [1.54, 1.807) is 4.90 Å². The summed E-state index contributed by atoms with van der Waals surface area (Å²) in [6, 6.07) is 7.83. The first kappa shape index (κ1) is 19.9. The molecule has 156 valence electrons. The highest BCUT2D eigenvalue weighted by Gasteiger charge is 2.39. The largest absolute Gasteiger partial charge is 0.378 e. The third-order valence-corrected chi connectivity index (χ3v) is 6.30. The molecule has 3 fully saturated rings. The number of ether oxygens (including phenoxy) is 1. The lowest BCUT2D eigenvalue weighted by molar-refractivity contribution is -0.144. The summed E-state index contributed by atoms with van der Waals surface area (Å²) in [5.74, 6) is -0.0569. The van der Waals surface area contributed by atoms with Crippen LogP contribution in [0.15, 0.2) is 24.3 Å². The fourth-order valence-electron chi connectivity index (χ4n) is 4.49. The van der Waals surface area contributed by atoms with Gasteiger partial charge in [-0.15, -0.1) is 0 Å². The highest BCUT2D eigenvalue weighted by molar-refractivity contribution is 6.00. The van der Waals surface area contributed by atoms with Crippen LogP contribution in [0.5, 0.6) is 0 Å². The molecule has 0 spiro atoms. The number of piperidine rings is 1. The Morgan fingerprint density at radius 1 is 0.897 bits per heavy atom. The number of anilines is 1. The third kappa shape index (κ3) is 4.29. The van der Waals surface area contributed by atoms with Gasteiger partial charge in [0, 0.05) is 50.7 Å². The molecule has 0 N–H and O–H groups in total. The molecule has 1 aromatic carbocycles. The van der Waals surface area contributed by atoms with Crippen LogP contribution in [-0.2, 0) is 19.1 Å². The molecule has 0 saturated carbocycles. The quantitative estimate of drug-likeness (QED) is 0.771. The van der Waals surface area contributed by atoms with Gasteiger partial charge < -0.3 is 19.4 Å². The Morgan fingerprint density at radius 2 is 1.48 bits per heavy atom. The molecule has 29 heavy (non-hydrogen) atoms. The van der Waals surface area contributed by atoms with Crippen LogP contribution in [0, 0.1) is 18.8 Å². The molecule has 7 heteroatoms. The monoisotopic (exact) mass is 399 g/mol. The summed E-state index contributed by atoms with van der Waals surface area (Å²) >= 11 is 0. The Kier molecular flexibility index (Phi) is 5.85. The van der Waals surface area contributed by atoms with Crippen molar-refractivity contribution < 1.29 is 19.1 Å². The van der Waals surface area contributed by atoms with Crippen molar-refractivity contribution in [3.05, 3.63) is 29.8 Å². The van der Waals surface area contributed by atoms with Crippen molar-refractivity contribution in [1.29, 1.82) is 0 Å². The second-order valence-electron chi connectivity index (χ2n) is 8.28. The Hall–Kier alpha value is -2.41. The predicted molar refractivity (Wildman–Crippen MR) is 108 cm³/mol. The number of aryl methyl sites for hydroxylation is 1. The predicted octanol–water partition coefficient (Wildman–Crippen LogP) is 1.45. The number of morpholine rings is 1. The number of carbonyl (C=O) groups excluding carboxylic acids is 3. The van der Waals surface area contributed by atoms with Crippen LogP contribution in [-0.4, -0.2) is 73.5 Å². The van der Waals surface area contributed by atoms with E-state index in [0.717, 1.165) is 11.3 Å². The number of benzene rings is 1. The van der Waals surface area contributed by atoms with E-state index in [1.165, 1.54) is 0 Å². The van der Waals surface area contributed by atoms with Crippen molar-refractivity contribution in [2.45, 2.75) is 26.2 Å². The van der Waals surface area contributed by atoms with Crippen LogP contribution in [0.4, 0.5) is 5.69 Å². The zero-order valence-electron chi connectivity index (χ0n) is 17.0. The van der Waals surface area contributed by atoms with E-state index >= 15 is 0 Å². The number of nitrogens with zero attached hydrogens (tertiary/aromatic N) is 3. The number of rotatable bonds is 3. The second kappa shape index (κ2) is 8.53. The minimum atomic E-state index is -0.296. The number of likely N-dealkylation sites (tertiary alicyclic amines) is 1. The lowest BCUT2D eigenvalue weighted by Gasteiger charge is -2.36. The van der Waals surface area contributed by atoms with Crippen LogP contribution in [0.2, 0.25) is 0 Å². The Bertz CT molecular complexity index is 765. The normalized spacial score (nSPS) is 23.6. The molecule has 0 bridgehead atoms. The molecule has 3 aliphatic rings. The zero-order chi connectivity index (χ0) is 20.4. The van der Waals surface area contributed by atoms with E-state index in [4.69, 9.17) is 4.74 Å². The van der Waals surface area contributed by atoms with Gasteiger partial charge in [0.25, 0.3) is 0 Å². The molecule has 3 saturated heterocycles. The third-order valence-electron chi connectivity index (χ3n) is 6.30. The van der Waals surface area contributed by atoms with Crippen LogP contribution >= 0.6 is 0 Å². The molecule has 3 aliphatic heterocycles. The Balaban J connectivity index is 1.31. The minimum Gasteiger partial charge on any atom is -0.378 e. The van der Waals surface area contributed by atoms with E-state index in [-0.39, 0.29) is 36.0 Å². The highest BCUT2D eigenvalue weighted by atomic mass is 16.5. The number of hydrogen-bond donors (Lipinski definition) is 0. The summed E-state index contributed by atoms with van der Waals surface area (Å²) in [7, 11) is 0. The molecule has 3 heterocycles. The first-order valence-electron chi connectivity index (χ1n) is 10.6. The minimum absolute atomic E-state index is 0.00424. The van der Waals surface area contributed by atoms with Gasteiger partial charge >= 0.3 is 0 Å². The van der Waals surface area contributed by atoms with Crippen molar-refractivity contribution in [2.24, 2.45) is 11.8 Å². The van der Waals surface area contributed by atoms with Gasteiger partial charge in [0.15, 0.2) is 0 Å². The standard InChI is InChI=1S/C22H29N3O4/c1-16-2-4-19(5-3-16)25-15-18(14-20(25)26)22(28)23-8-6-17(7-9-23)21(27)24-10-12-29-13-11-24/h2-5,17-18H,6-15H2,1H3/t18-/m0/s1. The molecule has 3 amide bonds. The van der Waals surface area contributed by atoms with Crippen LogP contribution in [0.1, 0.15) is 24.8 Å². The Morgan fingerprint density at radius 3 is 2.14 bits per heavy atom. The maximum Gasteiger partial charge on any atom is 0.228 e. The fourth-order valence-corrected chi connectivity index (χ4v) is 4.49. The highest BCUT2D eigenvalue weighted by Crippen LogP contribution is 2.28. The molecule has 0 aliphatic carbocycles. The van der Waals surface area contributed by atoms with Gasteiger partial charge in [0.1, 0.15) is 0 Å². The maximum atomic E-state index is 13.0. The molecule has 4 rings (SSSR count). The first-order valence-corrected chi connectivity index (χ1v) is 10.6. The molecule has 0 aromatic heterocycles. The number of carbonyl (C=O) groups is 3. The van der Waals surface area contributed by atoms with Crippen LogP contribution in [0.3, 0.4) is 0 Å². The van der Waals surface area contributed by atoms with Gasteiger partial charge in [0.05, 0.1) is 19.1 Å². The number of hydrogen-bond acceptors (Lipinski definition) is 4. The molecule has 1 atom stereocenters. The summed E-state index contributed by atoms with van der Waals surface area (Å²) in [6.45, 7) is 6.17. The molecular weight excluding hydrogens is 370 g/mol. The summed E-state index contributed by atoms with van der Waals surface area (Å²) in [5, 5.41) is 0. The summed E-state index contributed by atoms with van der Waals surface area (Å²) in [5.41, 5.74) is 1.99. The smallest absolute Gasteiger partial charge is 0.228 e. The molecular formula is C22H29N3O4. The number of amides is 3.